The summed E-state index contributed by atoms with van der Waals surface area (Å²) in [7, 11) is 1.67. The van der Waals surface area contributed by atoms with E-state index in [0.29, 0.717) is 18.9 Å². The Morgan fingerprint density at radius 1 is 0.889 bits per heavy atom. The third kappa shape index (κ3) is 5.40. The van der Waals surface area contributed by atoms with Gasteiger partial charge in [0.1, 0.15) is 11.6 Å². The molecule has 1 N–H and O–H groups in total. The van der Waals surface area contributed by atoms with Gasteiger partial charge in [-0.1, -0.05) is 51.8 Å². The zero-order valence-electron chi connectivity index (χ0n) is 20.5. The number of halogens is 1. The highest BCUT2D eigenvalue weighted by atomic mass is 79.9. The average molecular weight is 560 g/mol. The quantitative estimate of drug-likeness (QED) is 0.207. The summed E-state index contributed by atoms with van der Waals surface area (Å²) in [6.07, 6.45) is 0. The van der Waals surface area contributed by atoms with Gasteiger partial charge in [0.15, 0.2) is 11.5 Å². The van der Waals surface area contributed by atoms with Crippen molar-refractivity contribution < 1.29 is 9.47 Å². The summed E-state index contributed by atoms with van der Waals surface area (Å²) in [4.78, 5) is 4.80. The molecule has 0 aliphatic rings. The maximum Gasteiger partial charge on any atom is 0.167 e. The number of aromatic nitrogens is 1. The van der Waals surface area contributed by atoms with Crippen LogP contribution in [0.25, 0.3) is 20.8 Å². The van der Waals surface area contributed by atoms with Crippen molar-refractivity contribution in [3.63, 3.8) is 0 Å². The van der Waals surface area contributed by atoms with Gasteiger partial charge in [-0.05, 0) is 73.5 Å². The highest BCUT2D eigenvalue weighted by Gasteiger charge is 2.15. The molecule has 182 valence electrons. The van der Waals surface area contributed by atoms with Gasteiger partial charge < -0.3 is 14.8 Å². The number of thiazole rings is 1. The van der Waals surface area contributed by atoms with Gasteiger partial charge in [0, 0.05) is 27.8 Å². The zero-order chi connectivity index (χ0) is 25.1. The van der Waals surface area contributed by atoms with Crippen molar-refractivity contribution in [1.29, 1.82) is 0 Å². The van der Waals surface area contributed by atoms with E-state index in [2.05, 4.69) is 102 Å². The highest BCUT2D eigenvalue weighted by Crippen LogP contribution is 2.37. The molecule has 0 aliphatic heterocycles. The topological polar surface area (TPSA) is 43.4 Å². The van der Waals surface area contributed by atoms with E-state index in [9.17, 15) is 0 Å². The molecule has 0 saturated carbocycles. The molecule has 0 radical (unpaired) electrons. The minimum atomic E-state index is 0.469. The number of hydrogen-bond acceptors (Lipinski definition) is 5. The fraction of sp³-hybridized carbons (Fsp3) is 0.167. The van der Waals surface area contributed by atoms with Crippen LogP contribution < -0.4 is 14.8 Å². The maximum absolute atomic E-state index is 6.27. The predicted octanol–water partition coefficient (Wildman–Crippen LogP) is 8.54. The van der Waals surface area contributed by atoms with E-state index in [1.54, 1.807) is 18.4 Å². The third-order valence-electron chi connectivity index (χ3n) is 6.04. The highest BCUT2D eigenvalue weighted by molar-refractivity contribution is 9.10. The lowest BCUT2D eigenvalue weighted by Crippen LogP contribution is -2.06. The lowest BCUT2D eigenvalue weighted by molar-refractivity contribution is 0.281. The molecular weight excluding hydrogens is 532 g/mol. The number of benzene rings is 4. The van der Waals surface area contributed by atoms with Gasteiger partial charge in [0.25, 0.3) is 0 Å². The van der Waals surface area contributed by atoms with Crippen LogP contribution in [0.3, 0.4) is 0 Å². The molecule has 1 aromatic heterocycles. The van der Waals surface area contributed by atoms with Crippen LogP contribution in [-0.2, 0) is 13.2 Å². The van der Waals surface area contributed by atoms with Crippen LogP contribution in [0.5, 0.6) is 11.5 Å². The molecule has 4 aromatic carbocycles. The van der Waals surface area contributed by atoms with Crippen LogP contribution in [0.1, 0.15) is 22.3 Å². The van der Waals surface area contributed by atoms with Gasteiger partial charge in [0.2, 0.25) is 0 Å². The second-order valence-electron chi connectivity index (χ2n) is 8.75. The first-order valence-electron chi connectivity index (χ1n) is 11.8. The molecule has 6 heteroatoms. The molecule has 0 unspecified atom stereocenters. The van der Waals surface area contributed by atoms with E-state index in [0.717, 1.165) is 43.1 Å². The molecule has 0 spiro atoms. The summed E-state index contributed by atoms with van der Waals surface area (Å²) in [6, 6.07) is 27.1. The second kappa shape index (κ2) is 10.7. The van der Waals surface area contributed by atoms with E-state index < -0.39 is 0 Å². The maximum atomic E-state index is 6.27. The van der Waals surface area contributed by atoms with Gasteiger partial charge >= 0.3 is 0 Å². The predicted molar refractivity (Wildman–Crippen MR) is 153 cm³/mol. The largest absolute Gasteiger partial charge is 0.493 e. The summed E-state index contributed by atoms with van der Waals surface area (Å²) in [5.41, 5.74) is 7.79. The van der Waals surface area contributed by atoms with Crippen molar-refractivity contribution in [2.45, 2.75) is 27.0 Å². The van der Waals surface area contributed by atoms with Gasteiger partial charge in [-0.15, -0.1) is 11.3 Å². The van der Waals surface area contributed by atoms with E-state index in [-0.39, 0.29) is 0 Å². The first kappa shape index (κ1) is 24.3. The molecule has 1 heterocycles. The molecule has 36 heavy (non-hydrogen) atoms. The summed E-state index contributed by atoms with van der Waals surface area (Å²) in [5.74, 6) is 1.45. The van der Waals surface area contributed by atoms with E-state index in [1.807, 2.05) is 12.1 Å². The molecule has 0 atom stereocenters. The SMILES string of the molecule is COc1ccc(Br)c(CNc2ccc(-c3nc4ccc(C)cc4s3)cc2)c1OCc1ccc(C)cc1. The van der Waals surface area contributed by atoms with Crippen LogP contribution in [0.2, 0.25) is 0 Å². The van der Waals surface area contributed by atoms with E-state index in [4.69, 9.17) is 14.5 Å². The Morgan fingerprint density at radius 3 is 2.39 bits per heavy atom. The van der Waals surface area contributed by atoms with E-state index in [1.165, 1.54) is 15.8 Å². The van der Waals surface area contributed by atoms with Crippen LogP contribution in [0, 0.1) is 13.8 Å². The zero-order valence-corrected chi connectivity index (χ0v) is 22.9. The number of nitrogens with zero attached hydrogens (tertiary/aromatic N) is 1. The van der Waals surface area contributed by atoms with Gasteiger partial charge in [-0.3, -0.25) is 0 Å². The van der Waals surface area contributed by atoms with Crippen molar-refractivity contribution in [2.24, 2.45) is 0 Å². The smallest absolute Gasteiger partial charge is 0.167 e. The summed E-state index contributed by atoms with van der Waals surface area (Å²) >= 11 is 5.43. The Bertz CT molecular complexity index is 1490. The van der Waals surface area contributed by atoms with Crippen molar-refractivity contribution in [3.8, 4) is 22.1 Å². The molecule has 5 rings (SSSR count). The Balaban J connectivity index is 1.32. The minimum Gasteiger partial charge on any atom is -0.493 e. The monoisotopic (exact) mass is 558 g/mol. The Kier molecular flexibility index (Phi) is 7.25. The first-order valence-corrected chi connectivity index (χ1v) is 13.4. The molecule has 0 bridgehead atoms. The number of methoxy groups -OCH3 is 1. The number of fused-ring (bicyclic) bond motifs is 1. The summed E-state index contributed by atoms with van der Waals surface area (Å²) in [5, 5.41) is 4.56. The number of hydrogen-bond donors (Lipinski definition) is 1. The van der Waals surface area contributed by atoms with Gasteiger partial charge in [-0.2, -0.15) is 0 Å². The Morgan fingerprint density at radius 2 is 1.64 bits per heavy atom. The average Bonchev–Trinajstić information content (AvgIpc) is 3.31. The van der Waals surface area contributed by atoms with Crippen molar-refractivity contribution in [1.82, 2.24) is 4.98 Å². The first-order chi connectivity index (χ1) is 17.5. The van der Waals surface area contributed by atoms with Crippen molar-refractivity contribution in [3.05, 3.63) is 106 Å². The molecule has 0 fully saturated rings. The van der Waals surface area contributed by atoms with Gasteiger partial charge in [0.05, 0.1) is 17.3 Å². The van der Waals surface area contributed by atoms with Gasteiger partial charge in [-0.25, -0.2) is 4.98 Å². The van der Waals surface area contributed by atoms with Crippen LogP contribution in [-0.4, -0.2) is 12.1 Å². The molecular formula is C30H27BrN2O2S. The molecule has 0 saturated heterocycles. The number of aryl methyl sites for hydroxylation is 2. The van der Waals surface area contributed by atoms with Crippen molar-refractivity contribution in [2.75, 3.05) is 12.4 Å². The number of nitrogens with one attached hydrogen (secondary N) is 1. The van der Waals surface area contributed by atoms with E-state index >= 15 is 0 Å². The number of ether oxygens (including phenoxy) is 2. The number of anilines is 1. The lowest BCUT2D eigenvalue weighted by atomic mass is 10.1. The third-order valence-corrected chi connectivity index (χ3v) is 7.85. The Hall–Kier alpha value is -3.35. The lowest BCUT2D eigenvalue weighted by Gasteiger charge is -2.18. The molecule has 5 aromatic rings. The van der Waals surface area contributed by atoms with Crippen molar-refractivity contribution >= 4 is 43.2 Å². The normalized spacial score (nSPS) is 11.0. The van der Waals surface area contributed by atoms with Crippen LogP contribution >= 0.6 is 27.3 Å². The molecule has 4 nitrogen and oxygen atoms in total. The fourth-order valence-electron chi connectivity index (χ4n) is 3.98. The van der Waals surface area contributed by atoms with Crippen LogP contribution in [0.15, 0.2) is 83.3 Å². The molecule has 0 aliphatic carbocycles. The summed E-state index contributed by atoms with van der Waals surface area (Å²) in [6.45, 7) is 5.24. The standard InChI is InChI=1S/C30H27BrN2O2S/c1-19-4-7-21(8-5-19)18-35-29-24(25(31)13-15-27(29)34-3)17-32-23-11-9-22(10-12-23)30-33-26-14-6-20(2)16-28(26)36-30/h4-16,32H,17-18H2,1-3H3. The second-order valence-corrected chi connectivity index (χ2v) is 10.6. The molecule has 0 amide bonds. The summed E-state index contributed by atoms with van der Waals surface area (Å²) < 4.78 is 14.1. The Labute approximate surface area is 224 Å². The van der Waals surface area contributed by atoms with Crippen LogP contribution in [0.4, 0.5) is 5.69 Å². The fourth-order valence-corrected chi connectivity index (χ4v) is 5.50. The number of rotatable bonds is 8. The minimum absolute atomic E-state index is 0.469.